The van der Waals surface area contributed by atoms with E-state index >= 15 is 0 Å². The SMILES string of the molecule is CC1COCCN1Cc1ccc2c(-c3ccc(F)cc3)cc(C(N)=O)nc2c1. The van der Waals surface area contributed by atoms with Gasteiger partial charge in [0.15, 0.2) is 0 Å². The van der Waals surface area contributed by atoms with E-state index in [1.807, 2.05) is 12.1 Å². The molecule has 1 fully saturated rings. The predicted octanol–water partition coefficient (Wildman–Crippen LogP) is 3.36. The zero-order chi connectivity index (χ0) is 19.7. The first-order valence-corrected chi connectivity index (χ1v) is 9.32. The second-order valence-corrected chi connectivity index (χ2v) is 7.17. The van der Waals surface area contributed by atoms with Crippen LogP contribution < -0.4 is 5.73 Å². The van der Waals surface area contributed by atoms with Gasteiger partial charge in [0.1, 0.15) is 11.5 Å². The van der Waals surface area contributed by atoms with Gasteiger partial charge in [0.05, 0.1) is 18.7 Å². The summed E-state index contributed by atoms with van der Waals surface area (Å²) in [7, 11) is 0. The number of aromatic nitrogens is 1. The Morgan fingerprint density at radius 3 is 2.75 bits per heavy atom. The highest BCUT2D eigenvalue weighted by Gasteiger charge is 2.19. The van der Waals surface area contributed by atoms with E-state index in [0.717, 1.165) is 48.4 Å². The average Bonchev–Trinajstić information content (AvgIpc) is 2.69. The molecule has 1 unspecified atom stereocenters. The number of nitrogens with zero attached hydrogens (tertiary/aromatic N) is 2. The van der Waals surface area contributed by atoms with E-state index < -0.39 is 5.91 Å². The van der Waals surface area contributed by atoms with Crippen molar-refractivity contribution in [2.75, 3.05) is 19.8 Å². The Balaban J connectivity index is 1.77. The summed E-state index contributed by atoms with van der Waals surface area (Å²) in [5.74, 6) is -0.892. The number of morpholine rings is 1. The van der Waals surface area contributed by atoms with Crippen molar-refractivity contribution in [1.82, 2.24) is 9.88 Å². The number of rotatable bonds is 4. The maximum Gasteiger partial charge on any atom is 0.267 e. The summed E-state index contributed by atoms with van der Waals surface area (Å²) in [6.07, 6.45) is 0. The maximum absolute atomic E-state index is 13.3. The van der Waals surface area contributed by atoms with Gasteiger partial charge in [-0.1, -0.05) is 24.3 Å². The fraction of sp³-hybridized carbons (Fsp3) is 0.273. The average molecular weight is 379 g/mol. The molecule has 4 rings (SSSR count). The number of halogens is 1. The number of fused-ring (bicyclic) bond motifs is 1. The van der Waals surface area contributed by atoms with Gasteiger partial charge in [-0.2, -0.15) is 0 Å². The van der Waals surface area contributed by atoms with Crippen molar-refractivity contribution in [2.24, 2.45) is 5.73 Å². The number of amides is 1. The molecule has 2 heterocycles. The monoisotopic (exact) mass is 379 g/mol. The van der Waals surface area contributed by atoms with Crippen LogP contribution in [-0.2, 0) is 11.3 Å². The van der Waals surface area contributed by atoms with E-state index in [0.29, 0.717) is 11.6 Å². The molecule has 1 saturated heterocycles. The number of nitrogens with two attached hydrogens (primary N) is 1. The highest BCUT2D eigenvalue weighted by molar-refractivity contribution is 6.00. The zero-order valence-corrected chi connectivity index (χ0v) is 15.7. The molecule has 2 aromatic carbocycles. The third-order valence-electron chi connectivity index (χ3n) is 5.17. The van der Waals surface area contributed by atoms with Crippen molar-refractivity contribution >= 4 is 16.8 Å². The normalized spacial score (nSPS) is 17.7. The van der Waals surface area contributed by atoms with Crippen LogP contribution in [0.15, 0.2) is 48.5 Å². The summed E-state index contributed by atoms with van der Waals surface area (Å²) < 4.78 is 18.8. The van der Waals surface area contributed by atoms with Gasteiger partial charge in [-0.05, 0) is 47.9 Å². The third kappa shape index (κ3) is 3.74. The van der Waals surface area contributed by atoms with E-state index in [4.69, 9.17) is 10.5 Å². The molecule has 0 saturated carbocycles. The Bertz CT molecular complexity index is 1020. The molecule has 1 atom stereocenters. The molecule has 6 heteroatoms. The number of primary amides is 1. The van der Waals surface area contributed by atoms with Gasteiger partial charge in [0.2, 0.25) is 0 Å². The number of carbonyl (C=O) groups excluding carboxylic acids is 1. The Labute approximate surface area is 162 Å². The number of ether oxygens (including phenoxy) is 1. The van der Waals surface area contributed by atoms with Gasteiger partial charge < -0.3 is 10.5 Å². The summed E-state index contributed by atoms with van der Waals surface area (Å²) in [5, 5.41) is 0.899. The van der Waals surface area contributed by atoms with Gasteiger partial charge in [0, 0.05) is 24.5 Å². The Hall–Kier alpha value is -2.83. The Kier molecular flexibility index (Phi) is 5.07. The van der Waals surface area contributed by atoms with Crippen LogP contribution in [0.1, 0.15) is 23.0 Å². The van der Waals surface area contributed by atoms with Gasteiger partial charge in [0.25, 0.3) is 5.91 Å². The molecule has 0 aliphatic carbocycles. The van der Waals surface area contributed by atoms with Crippen LogP contribution in [0, 0.1) is 5.82 Å². The molecule has 28 heavy (non-hydrogen) atoms. The van der Waals surface area contributed by atoms with Crippen LogP contribution in [0.4, 0.5) is 4.39 Å². The fourth-order valence-electron chi connectivity index (χ4n) is 3.60. The van der Waals surface area contributed by atoms with Crippen LogP contribution in [0.25, 0.3) is 22.0 Å². The van der Waals surface area contributed by atoms with E-state index in [9.17, 15) is 9.18 Å². The summed E-state index contributed by atoms with van der Waals surface area (Å²) >= 11 is 0. The second kappa shape index (κ2) is 7.66. The van der Waals surface area contributed by atoms with Gasteiger partial charge in [-0.3, -0.25) is 9.69 Å². The van der Waals surface area contributed by atoms with Crippen LogP contribution >= 0.6 is 0 Å². The van der Waals surface area contributed by atoms with Crippen molar-refractivity contribution in [3.05, 3.63) is 65.6 Å². The van der Waals surface area contributed by atoms with Gasteiger partial charge in [-0.15, -0.1) is 0 Å². The van der Waals surface area contributed by atoms with Gasteiger partial charge in [-0.25, -0.2) is 9.37 Å². The summed E-state index contributed by atoms with van der Waals surface area (Å²) in [6.45, 7) is 5.28. The zero-order valence-electron chi connectivity index (χ0n) is 15.7. The molecule has 0 bridgehead atoms. The lowest BCUT2D eigenvalue weighted by Crippen LogP contribution is -2.42. The number of carbonyl (C=O) groups is 1. The molecule has 0 radical (unpaired) electrons. The number of hydrogen-bond donors (Lipinski definition) is 1. The number of benzene rings is 2. The lowest BCUT2D eigenvalue weighted by atomic mass is 9.98. The smallest absolute Gasteiger partial charge is 0.267 e. The van der Waals surface area contributed by atoms with E-state index in [2.05, 4.69) is 22.9 Å². The minimum absolute atomic E-state index is 0.198. The predicted molar refractivity (Wildman–Crippen MR) is 106 cm³/mol. The molecule has 5 nitrogen and oxygen atoms in total. The lowest BCUT2D eigenvalue weighted by Gasteiger charge is -2.33. The summed E-state index contributed by atoms with van der Waals surface area (Å²) in [5.41, 5.74) is 9.13. The van der Waals surface area contributed by atoms with E-state index in [1.54, 1.807) is 18.2 Å². The van der Waals surface area contributed by atoms with Crippen molar-refractivity contribution in [3.63, 3.8) is 0 Å². The minimum atomic E-state index is -0.586. The minimum Gasteiger partial charge on any atom is -0.379 e. The van der Waals surface area contributed by atoms with Crippen molar-refractivity contribution in [2.45, 2.75) is 19.5 Å². The molecular formula is C22H22FN3O2. The topological polar surface area (TPSA) is 68.5 Å². The highest BCUT2D eigenvalue weighted by atomic mass is 19.1. The molecule has 144 valence electrons. The van der Waals surface area contributed by atoms with Gasteiger partial charge >= 0.3 is 0 Å². The molecule has 3 aromatic rings. The second-order valence-electron chi connectivity index (χ2n) is 7.17. The first kappa shape index (κ1) is 18.5. The lowest BCUT2D eigenvalue weighted by molar-refractivity contribution is -0.00435. The first-order valence-electron chi connectivity index (χ1n) is 9.32. The maximum atomic E-state index is 13.3. The quantitative estimate of drug-likeness (QED) is 0.755. The fourth-order valence-corrected chi connectivity index (χ4v) is 3.60. The van der Waals surface area contributed by atoms with Crippen molar-refractivity contribution in [3.8, 4) is 11.1 Å². The Morgan fingerprint density at radius 2 is 2.04 bits per heavy atom. The summed E-state index contributed by atoms with van der Waals surface area (Å²) in [6, 6.07) is 14.3. The largest absolute Gasteiger partial charge is 0.379 e. The molecule has 1 aliphatic rings. The molecule has 1 aliphatic heterocycles. The molecule has 0 spiro atoms. The number of hydrogen-bond acceptors (Lipinski definition) is 4. The molecule has 1 amide bonds. The summed E-state index contributed by atoms with van der Waals surface area (Å²) in [4.78, 5) is 18.6. The van der Waals surface area contributed by atoms with Crippen LogP contribution in [-0.4, -0.2) is 41.6 Å². The van der Waals surface area contributed by atoms with Crippen molar-refractivity contribution < 1.29 is 13.9 Å². The van der Waals surface area contributed by atoms with Crippen LogP contribution in [0.2, 0.25) is 0 Å². The van der Waals surface area contributed by atoms with E-state index in [-0.39, 0.29) is 11.5 Å². The third-order valence-corrected chi connectivity index (χ3v) is 5.17. The van der Waals surface area contributed by atoms with Crippen molar-refractivity contribution in [1.29, 1.82) is 0 Å². The first-order chi connectivity index (χ1) is 13.5. The van der Waals surface area contributed by atoms with Crippen LogP contribution in [0.3, 0.4) is 0 Å². The highest BCUT2D eigenvalue weighted by Crippen LogP contribution is 2.30. The van der Waals surface area contributed by atoms with E-state index in [1.165, 1.54) is 12.1 Å². The Morgan fingerprint density at radius 1 is 1.25 bits per heavy atom. The van der Waals surface area contributed by atoms with Crippen LogP contribution in [0.5, 0.6) is 0 Å². The molecule has 1 aromatic heterocycles. The molecular weight excluding hydrogens is 357 g/mol. The molecule has 2 N–H and O–H groups in total. The number of pyridine rings is 1. The standard InChI is InChI=1S/C22H22FN3O2/c1-14-13-28-9-8-26(14)12-15-2-7-18-19(16-3-5-17(23)6-4-16)11-21(22(24)27)25-20(18)10-15/h2-7,10-11,14H,8-9,12-13H2,1H3,(H2,24,27).